The summed E-state index contributed by atoms with van der Waals surface area (Å²) >= 11 is 0. The van der Waals surface area contributed by atoms with Crippen molar-refractivity contribution in [2.45, 2.75) is 6.54 Å². The van der Waals surface area contributed by atoms with Crippen molar-refractivity contribution in [1.82, 2.24) is 20.3 Å². The molecule has 13 heteroatoms. The Kier molecular flexibility index (Phi) is 5.82. The Hall–Kier alpha value is -4.39. The van der Waals surface area contributed by atoms with Gasteiger partial charge in [0, 0.05) is 32.7 Å². The van der Waals surface area contributed by atoms with Gasteiger partial charge in [-0.3, -0.25) is 30.7 Å². The van der Waals surface area contributed by atoms with Crippen LogP contribution in [-0.4, -0.2) is 58.7 Å². The minimum atomic E-state index is -0.586. The van der Waals surface area contributed by atoms with E-state index in [4.69, 9.17) is 13.9 Å². The number of ether oxygens (including phenoxy) is 2. The van der Waals surface area contributed by atoms with E-state index in [1.807, 2.05) is 23.1 Å². The van der Waals surface area contributed by atoms with Crippen LogP contribution in [0.3, 0.4) is 0 Å². The lowest BCUT2D eigenvalue weighted by molar-refractivity contribution is -0.383. The lowest BCUT2D eigenvalue weighted by atomic mass is 10.1. The number of fused-ring (bicyclic) bond motifs is 1. The molecule has 0 radical (unpaired) electrons. The number of carbonyl (C=O) groups excluding carboxylic acids is 1. The zero-order chi connectivity index (χ0) is 23.5. The molecule has 0 saturated carbocycles. The summed E-state index contributed by atoms with van der Waals surface area (Å²) in [4.78, 5) is 35.6. The van der Waals surface area contributed by atoms with Crippen LogP contribution >= 0.6 is 0 Å². The molecule has 3 aromatic rings. The number of carbonyl (C=O) groups is 1. The highest BCUT2D eigenvalue weighted by atomic mass is 16.7. The number of aromatic nitrogens is 2. The quantitative estimate of drug-likeness (QED) is 0.387. The Bertz CT molecular complexity index is 1190. The Morgan fingerprint density at radius 3 is 2.71 bits per heavy atom. The van der Waals surface area contributed by atoms with Gasteiger partial charge in [0.15, 0.2) is 17.3 Å². The molecule has 0 bridgehead atoms. The first-order valence-corrected chi connectivity index (χ1v) is 10.5. The molecule has 0 aliphatic carbocycles. The van der Waals surface area contributed by atoms with E-state index in [9.17, 15) is 14.9 Å². The number of hydrogen-bond acceptors (Lipinski definition) is 11. The van der Waals surface area contributed by atoms with E-state index in [1.54, 1.807) is 6.07 Å². The van der Waals surface area contributed by atoms with Gasteiger partial charge in [-0.25, -0.2) is 9.97 Å². The third kappa shape index (κ3) is 4.41. The maximum Gasteiger partial charge on any atom is 0.355 e. The molecule has 13 nitrogen and oxygen atoms in total. The van der Waals surface area contributed by atoms with E-state index in [0.29, 0.717) is 26.2 Å². The highest BCUT2D eigenvalue weighted by molar-refractivity contribution is 5.92. The summed E-state index contributed by atoms with van der Waals surface area (Å²) in [5.74, 6) is 1.04. The normalized spacial score (nSPS) is 15.2. The maximum absolute atomic E-state index is 12.1. The SMILES string of the molecule is O=C(NNc1ncnc(N2CCN(Cc3ccc4c(c3)OCO4)CC2)c1[N+](=O)[O-])c1ccco1. The molecule has 1 aromatic carbocycles. The molecule has 0 atom stereocenters. The van der Waals surface area contributed by atoms with E-state index in [-0.39, 0.29) is 29.9 Å². The number of benzene rings is 1. The Balaban J connectivity index is 1.24. The van der Waals surface area contributed by atoms with Crippen molar-refractivity contribution in [1.29, 1.82) is 0 Å². The number of hydrazine groups is 1. The van der Waals surface area contributed by atoms with Gasteiger partial charge in [0.25, 0.3) is 0 Å². The highest BCUT2D eigenvalue weighted by Gasteiger charge is 2.30. The summed E-state index contributed by atoms with van der Waals surface area (Å²) in [7, 11) is 0. The lowest BCUT2D eigenvalue weighted by Crippen LogP contribution is -2.46. The van der Waals surface area contributed by atoms with Crippen LogP contribution in [0.4, 0.5) is 17.3 Å². The first kappa shape index (κ1) is 21.5. The Morgan fingerprint density at radius 1 is 1.12 bits per heavy atom. The average Bonchev–Trinajstić information content (AvgIpc) is 3.55. The molecule has 1 amide bonds. The second kappa shape index (κ2) is 9.23. The van der Waals surface area contributed by atoms with E-state index < -0.39 is 10.8 Å². The molecular formula is C21H21N7O6. The third-order valence-corrected chi connectivity index (χ3v) is 5.54. The molecule has 2 N–H and O–H groups in total. The average molecular weight is 467 g/mol. The predicted molar refractivity (Wildman–Crippen MR) is 119 cm³/mol. The zero-order valence-electron chi connectivity index (χ0n) is 18.0. The third-order valence-electron chi connectivity index (χ3n) is 5.54. The molecule has 4 heterocycles. The fourth-order valence-corrected chi connectivity index (χ4v) is 3.86. The van der Waals surface area contributed by atoms with Gasteiger partial charge >= 0.3 is 11.6 Å². The summed E-state index contributed by atoms with van der Waals surface area (Å²) in [5.41, 5.74) is 5.66. The number of anilines is 2. The Labute approximate surface area is 193 Å². The van der Waals surface area contributed by atoms with Crippen LogP contribution in [0.15, 0.2) is 47.3 Å². The fraction of sp³-hybridized carbons (Fsp3) is 0.286. The largest absolute Gasteiger partial charge is 0.459 e. The molecule has 1 fully saturated rings. The second-order valence-electron chi connectivity index (χ2n) is 7.66. The molecule has 0 spiro atoms. The second-order valence-corrected chi connectivity index (χ2v) is 7.66. The van der Waals surface area contributed by atoms with Gasteiger partial charge in [-0.15, -0.1) is 0 Å². The fourth-order valence-electron chi connectivity index (χ4n) is 3.86. The molecule has 5 rings (SSSR count). The van der Waals surface area contributed by atoms with Crippen LogP contribution in [-0.2, 0) is 6.54 Å². The standard InChI is InChI=1S/C21H21N7O6/c29-21(16-2-1-9-32-16)25-24-19-18(28(30)31)20(23-12-22-19)27-7-5-26(6-8-27)11-14-3-4-15-17(10-14)34-13-33-15/h1-4,9-10,12H,5-8,11,13H2,(H,25,29)(H,22,23,24). The van der Waals surface area contributed by atoms with Crippen molar-refractivity contribution in [2.75, 3.05) is 43.3 Å². The van der Waals surface area contributed by atoms with Crippen LogP contribution in [0.1, 0.15) is 16.1 Å². The van der Waals surface area contributed by atoms with Crippen LogP contribution in [0, 0.1) is 10.1 Å². The summed E-state index contributed by atoms with van der Waals surface area (Å²) < 4.78 is 15.8. The van der Waals surface area contributed by atoms with Gasteiger partial charge in [0.05, 0.1) is 11.2 Å². The van der Waals surface area contributed by atoms with E-state index >= 15 is 0 Å². The predicted octanol–water partition coefficient (Wildman–Crippen LogP) is 1.79. The van der Waals surface area contributed by atoms with E-state index in [1.165, 1.54) is 18.7 Å². The number of nitrogens with zero attached hydrogens (tertiary/aromatic N) is 5. The summed E-state index contributed by atoms with van der Waals surface area (Å²) in [6, 6.07) is 8.91. The number of piperazine rings is 1. The van der Waals surface area contributed by atoms with Gasteiger partial charge in [-0.05, 0) is 29.8 Å². The number of amides is 1. The van der Waals surface area contributed by atoms with E-state index in [2.05, 4.69) is 25.7 Å². The van der Waals surface area contributed by atoms with Crippen molar-refractivity contribution in [2.24, 2.45) is 0 Å². The van der Waals surface area contributed by atoms with Crippen LogP contribution in [0.5, 0.6) is 11.5 Å². The Morgan fingerprint density at radius 2 is 1.94 bits per heavy atom. The molecule has 2 aromatic heterocycles. The van der Waals surface area contributed by atoms with Crippen molar-refractivity contribution in [3.63, 3.8) is 0 Å². The minimum absolute atomic E-state index is 0.0583. The number of hydrogen-bond donors (Lipinski definition) is 2. The molecule has 2 aliphatic rings. The van der Waals surface area contributed by atoms with Crippen molar-refractivity contribution in [3.8, 4) is 11.5 Å². The van der Waals surface area contributed by atoms with Crippen molar-refractivity contribution >= 4 is 23.2 Å². The molecule has 1 saturated heterocycles. The van der Waals surface area contributed by atoms with Crippen molar-refractivity contribution in [3.05, 3.63) is 64.4 Å². The number of nitro groups is 1. The number of nitrogens with one attached hydrogen (secondary N) is 2. The topological polar surface area (TPSA) is 148 Å². The van der Waals surface area contributed by atoms with Crippen LogP contribution in [0.2, 0.25) is 0 Å². The number of furan rings is 1. The van der Waals surface area contributed by atoms with Gasteiger partial charge in [-0.1, -0.05) is 6.07 Å². The monoisotopic (exact) mass is 467 g/mol. The highest BCUT2D eigenvalue weighted by Crippen LogP contribution is 2.34. The lowest BCUT2D eigenvalue weighted by Gasteiger charge is -2.35. The first-order chi connectivity index (χ1) is 16.6. The molecule has 176 valence electrons. The molecule has 2 aliphatic heterocycles. The minimum Gasteiger partial charge on any atom is -0.459 e. The summed E-state index contributed by atoms with van der Waals surface area (Å²) in [6.45, 7) is 3.42. The molecule has 0 unspecified atom stereocenters. The van der Waals surface area contributed by atoms with Gasteiger partial charge in [0.2, 0.25) is 18.4 Å². The summed E-state index contributed by atoms with van der Waals surface area (Å²) in [6.07, 6.45) is 2.58. The van der Waals surface area contributed by atoms with Gasteiger partial charge in [0.1, 0.15) is 6.33 Å². The van der Waals surface area contributed by atoms with Crippen LogP contribution in [0.25, 0.3) is 0 Å². The summed E-state index contributed by atoms with van der Waals surface area (Å²) in [5, 5.41) is 11.9. The number of rotatable bonds is 7. The zero-order valence-corrected chi connectivity index (χ0v) is 18.0. The first-order valence-electron chi connectivity index (χ1n) is 10.5. The van der Waals surface area contributed by atoms with Crippen molar-refractivity contribution < 1.29 is 23.6 Å². The van der Waals surface area contributed by atoms with Gasteiger partial charge in [-0.2, -0.15) is 0 Å². The molecular weight excluding hydrogens is 446 g/mol. The van der Waals surface area contributed by atoms with Crippen LogP contribution < -0.4 is 25.2 Å². The van der Waals surface area contributed by atoms with Gasteiger partial charge < -0.3 is 18.8 Å². The maximum atomic E-state index is 12.1. The van der Waals surface area contributed by atoms with E-state index in [0.717, 1.165) is 23.6 Å². The smallest absolute Gasteiger partial charge is 0.355 e. The molecule has 34 heavy (non-hydrogen) atoms.